The zero-order chi connectivity index (χ0) is 44.0. The molecule has 9 unspecified atom stereocenters. The Bertz CT molecular complexity index is 2070. The Hall–Kier alpha value is -2.39. The Morgan fingerprint density at radius 2 is 1.26 bits per heavy atom. The van der Waals surface area contributed by atoms with Crippen molar-refractivity contribution in [2.75, 3.05) is 75.3 Å². The molecule has 0 saturated carbocycles. The van der Waals surface area contributed by atoms with E-state index in [1.165, 1.54) is 24.5 Å². The van der Waals surface area contributed by atoms with Crippen molar-refractivity contribution < 1.29 is 59.1 Å². The van der Waals surface area contributed by atoms with Crippen molar-refractivity contribution in [3.8, 4) is 11.5 Å². The molecule has 3 fully saturated rings. The molecule has 9 atom stereocenters. The van der Waals surface area contributed by atoms with Crippen molar-refractivity contribution in [1.29, 1.82) is 0 Å². The van der Waals surface area contributed by atoms with Gasteiger partial charge in [0.25, 0.3) is 0 Å². The minimum atomic E-state index is -0.149. The normalized spacial score (nSPS) is 22.8. The Morgan fingerprint density at radius 1 is 0.677 bits per heavy atom. The van der Waals surface area contributed by atoms with Crippen LogP contribution in [-0.2, 0) is 28.4 Å². The minimum absolute atomic E-state index is 0.0308. The number of thioether (sulfide) groups is 2. The van der Waals surface area contributed by atoms with E-state index in [1.807, 2.05) is 11.8 Å². The molecule has 3 aromatic heterocycles. The quantitative estimate of drug-likeness (QED) is 0.0224. The average Bonchev–Trinajstić information content (AvgIpc) is 4.31. The van der Waals surface area contributed by atoms with E-state index in [1.54, 1.807) is 45.8 Å². The van der Waals surface area contributed by atoms with E-state index >= 15 is 0 Å². The topological polar surface area (TPSA) is 95.8 Å². The number of epoxide rings is 3. The molecule has 6 heterocycles. The number of alkyl halides is 1. The zero-order valence-electron chi connectivity index (χ0n) is 36.4. The third-order valence-corrected chi connectivity index (χ3v) is 19.4. The van der Waals surface area contributed by atoms with Gasteiger partial charge in [0.1, 0.15) is 36.9 Å². The summed E-state index contributed by atoms with van der Waals surface area (Å²) in [4.78, 5) is 2.56. The monoisotopic (exact) mass is 1090 g/mol. The van der Waals surface area contributed by atoms with Crippen molar-refractivity contribution in [3.63, 3.8) is 0 Å². The van der Waals surface area contributed by atoms with Gasteiger partial charge in [0, 0.05) is 38.6 Å². The van der Waals surface area contributed by atoms with Gasteiger partial charge in [-0.25, -0.2) is 0 Å². The van der Waals surface area contributed by atoms with Crippen molar-refractivity contribution >= 4 is 57.5 Å². The molecule has 5 aromatic rings. The molecule has 0 bridgehead atoms. The summed E-state index contributed by atoms with van der Waals surface area (Å²) in [5, 5.41) is 16.7. The van der Waals surface area contributed by atoms with Gasteiger partial charge in [-0.1, -0.05) is 0 Å². The van der Waals surface area contributed by atoms with Crippen LogP contribution in [0, 0.1) is 15.4 Å². The van der Waals surface area contributed by atoms with Crippen LogP contribution in [0.3, 0.4) is 0 Å². The molecule has 4 aliphatic rings. The number of rotatable bonds is 30. The van der Waals surface area contributed by atoms with Gasteiger partial charge in [-0.3, -0.25) is 0 Å². The Balaban J connectivity index is 0.867. The summed E-state index contributed by atoms with van der Waals surface area (Å²) in [6, 6.07) is 24.1. The van der Waals surface area contributed by atoms with E-state index in [-0.39, 0.29) is 69.4 Å². The van der Waals surface area contributed by atoms with Crippen LogP contribution in [0.4, 0.5) is 0 Å². The summed E-state index contributed by atoms with van der Waals surface area (Å²) in [5.74, 6) is 4.83. The van der Waals surface area contributed by atoms with Gasteiger partial charge in [0.2, 0.25) is 0 Å². The van der Waals surface area contributed by atoms with Crippen LogP contribution in [0.1, 0.15) is 24.0 Å². The first-order chi connectivity index (χ1) is 32.1. The predicted molar refractivity (Wildman–Crippen MR) is 260 cm³/mol. The fourth-order valence-corrected chi connectivity index (χ4v) is 14.7. The molecule has 0 radical (unpaired) electrons. The van der Waals surface area contributed by atoms with Gasteiger partial charge >= 0.3 is 212 Å². The molecule has 0 amide bonds. The number of hydrogen-bond donors (Lipinski definition) is 1. The molecular formula is C50H57INO8S5-. The standard InChI is InChI=1S/C50H57INO8S5/c1-34-18-41(53-21-38(52-20-43-23-57-43)30-64-47-13-16-62-32-47)10-11-49(34)50(35-2-6-39(7-3-35)54-22-42(56-24-44-25-58-44)19-51-37-12-15-61-29-37)36-4-8-40(9-5-36)55-28-46(60-27-45-26-59-45)31-65-48-14-17-63-33-48/h2-18,29,32-34,38,42-46,49-50,52H,19-28,30-31H2,1H3/q-1. The third kappa shape index (κ3) is 15.8. The van der Waals surface area contributed by atoms with Crippen molar-refractivity contribution in [1.82, 2.24) is 5.32 Å². The number of allylic oxidation sites excluding steroid dienone is 3. The fourth-order valence-electron chi connectivity index (χ4n) is 7.37. The zero-order valence-corrected chi connectivity index (χ0v) is 42.7. The van der Waals surface area contributed by atoms with Crippen LogP contribution in [0.5, 0.6) is 11.5 Å². The van der Waals surface area contributed by atoms with Crippen LogP contribution in [-0.4, -0.2) is 112 Å². The average molecular weight is 1090 g/mol. The van der Waals surface area contributed by atoms with Crippen LogP contribution in [0.15, 0.2) is 133 Å². The van der Waals surface area contributed by atoms with E-state index in [2.05, 4.69) is 129 Å². The number of hydrogen-bond acceptors (Lipinski definition) is 14. The molecule has 15 heteroatoms. The molecule has 9 rings (SSSR count). The van der Waals surface area contributed by atoms with Gasteiger partial charge in [0.05, 0.1) is 32.0 Å². The Kier molecular flexibility index (Phi) is 18.2. The maximum absolute atomic E-state index is 6.54. The van der Waals surface area contributed by atoms with Gasteiger partial charge in [-0.05, 0) is 22.9 Å². The Labute approximate surface area is 414 Å². The second kappa shape index (κ2) is 24.8. The number of ether oxygens (including phenoxy) is 8. The molecule has 3 saturated heterocycles. The third-order valence-electron chi connectivity index (χ3n) is 11.3. The van der Waals surface area contributed by atoms with Crippen LogP contribution in [0.2, 0.25) is 0 Å². The SMILES string of the molecule is CC1C=C(OCC(CSc2ccsc2)NCC2CO2)C=CC1C(c1ccc(OCC(CSc2ccsc2)OCC2CO2)cc1)c1ccc(OCC(C[I-]c2ccsc2)OCC2CO2)cc1. The molecular weight excluding hydrogens is 1030 g/mol. The van der Waals surface area contributed by atoms with E-state index < -0.39 is 0 Å². The van der Waals surface area contributed by atoms with Crippen LogP contribution < -0.4 is 36.0 Å². The summed E-state index contributed by atoms with van der Waals surface area (Å²) in [5.41, 5.74) is 2.45. The van der Waals surface area contributed by atoms with Crippen molar-refractivity contribution in [3.05, 3.63) is 138 Å². The second-order valence-corrected chi connectivity index (χ2v) is 24.0. The fraction of sp³-hybridized carbons (Fsp3) is 0.440. The van der Waals surface area contributed by atoms with Crippen molar-refractivity contribution in [2.45, 2.75) is 59.2 Å². The van der Waals surface area contributed by atoms with Gasteiger partial charge < -0.3 is 29.0 Å². The van der Waals surface area contributed by atoms with Gasteiger partial charge in [0.15, 0.2) is 0 Å². The summed E-state index contributed by atoms with van der Waals surface area (Å²) in [6.45, 7) is 8.35. The Morgan fingerprint density at radius 3 is 1.83 bits per heavy atom. The molecule has 3 aliphatic heterocycles. The van der Waals surface area contributed by atoms with Crippen LogP contribution in [0.25, 0.3) is 0 Å². The number of benzene rings is 2. The first kappa shape index (κ1) is 47.7. The maximum atomic E-state index is 6.54. The second-order valence-electron chi connectivity index (χ2n) is 16.6. The van der Waals surface area contributed by atoms with Crippen molar-refractivity contribution in [2.24, 2.45) is 11.8 Å². The van der Waals surface area contributed by atoms with E-state index in [0.29, 0.717) is 39.1 Å². The summed E-state index contributed by atoms with van der Waals surface area (Å²) in [7, 11) is 0. The summed E-state index contributed by atoms with van der Waals surface area (Å²) in [6.07, 6.45) is 7.54. The van der Waals surface area contributed by atoms with E-state index in [0.717, 1.165) is 59.6 Å². The first-order valence-electron chi connectivity index (χ1n) is 22.3. The van der Waals surface area contributed by atoms with E-state index in [9.17, 15) is 0 Å². The molecule has 0 spiro atoms. The molecule has 65 heavy (non-hydrogen) atoms. The predicted octanol–water partition coefficient (Wildman–Crippen LogP) is 6.95. The first-order valence-corrected chi connectivity index (χ1v) is 29.7. The van der Waals surface area contributed by atoms with Crippen LogP contribution >= 0.6 is 57.5 Å². The summed E-state index contributed by atoms with van der Waals surface area (Å²) < 4.78 is 50.8. The molecule has 1 N–H and O–H groups in total. The number of halogens is 1. The van der Waals surface area contributed by atoms with Gasteiger partial charge in [-0.2, -0.15) is 22.7 Å². The number of thiophene rings is 3. The van der Waals surface area contributed by atoms with E-state index in [4.69, 9.17) is 37.9 Å². The molecule has 9 nitrogen and oxygen atoms in total. The molecule has 1 aliphatic carbocycles. The molecule has 348 valence electrons. The number of nitrogens with one attached hydrogen (secondary N) is 1. The molecule has 2 aromatic carbocycles. The summed E-state index contributed by atoms with van der Waals surface area (Å²) >= 11 is 8.73. The van der Waals surface area contributed by atoms with Gasteiger partial charge in [-0.15, -0.1) is 23.5 Å².